The van der Waals surface area contributed by atoms with Crippen LogP contribution in [0.4, 0.5) is 0 Å². The molecule has 0 saturated carbocycles. The van der Waals surface area contributed by atoms with Gasteiger partial charge in [-0.3, -0.25) is 0 Å². The Labute approximate surface area is 147 Å². The highest BCUT2D eigenvalue weighted by Gasteiger charge is 2.44. The molecule has 1 unspecified atom stereocenters. The molecule has 1 fully saturated rings. The summed E-state index contributed by atoms with van der Waals surface area (Å²) in [6, 6.07) is 17.2. The van der Waals surface area contributed by atoms with Gasteiger partial charge in [-0.15, -0.1) is 11.3 Å². The van der Waals surface area contributed by atoms with Crippen LogP contribution in [0, 0.1) is 6.92 Å². The molecule has 1 atom stereocenters. The lowest BCUT2D eigenvalue weighted by Crippen LogP contribution is -2.34. The maximum atomic E-state index is 6.19. The fourth-order valence-electron chi connectivity index (χ4n) is 3.21. The SMILES string of the molecule is Cc1cc2c(-c3ccccc3)ccc(B3OC(C)C(C)(C)O3)c2s1. The number of hydrogen-bond donors (Lipinski definition) is 0. The van der Waals surface area contributed by atoms with Crippen LogP contribution in [0.3, 0.4) is 0 Å². The minimum Gasteiger partial charge on any atom is -0.402 e. The van der Waals surface area contributed by atoms with E-state index in [2.05, 4.69) is 76.2 Å². The summed E-state index contributed by atoms with van der Waals surface area (Å²) in [4.78, 5) is 1.31. The molecule has 3 aromatic rings. The van der Waals surface area contributed by atoms with E-state index in [1.807, 2.05) is 11.3 Å². The minimum absolute atomic E-state index is 0.0763. The minimum atomic E-state index is -0.291. The molecule has 0 bridgehead atoms. The van der Waals surface area contributed by atoms with Gasteiger partial charge >= 0.3 is 7.12 Å². The first-order chi connectivity index (χ1) is 11.5. The molecule has 0 spiro atoms. The lowest BCUT2D eigenvalue weighted by atomic mass is 9.77. The van der Waals surface area contributed by atoms with Crippen molar-refractivity contribution < 1.29 is 9.31 Å². The number of fused-ring (bicyclic) bond motifs is 1. The molecule has 0 radical (unpaired) electrons. The van der Waals surface area contributed by atoms with Crippen LogP contribution in [0.15, 0.2) is 48.5 Å². The van der Waals surface area contributed by atoms with Gasteiger partial charge in [0.1, 0.15) is 0 Å². The van der Waals surface area contributed by atoms with Crippen LogP contribution < -0.4 is 5.46 Å². The molecule has 0 N–H and O–H groups in total. The van der Waals surface area contributed by atoms with E-state index in [1.165, 1.54) is 26.1 Å². The molecule has 24 heavy (non-hydrogen) atoms. The van der Waals surface area contributed by atoms with Crippen molar-refractivity contribution in [1.82, 2.24) is 0 Å². The molecule has 0 amide bonds. The van der Waals surface area contributed by atoms with E-state index in [0.717, 1.165) is 5.46 Å². The van der Waals surface area contributed by atoms with Gasteiger partial charge in [-0.05, 0) is 44.9 Å². The summed E-state index contributed by atoms with van der Waals surface area (Å²) < 4.78 is 13.6. The number of rotatable bonds is 2. The van der Waals surface area contributed by atoms with Crippen LogP contribution in [0.5, 0.6) is 0 Å². The molecule has 0 aliphatic carbocycles. The van der Waals surface area contributed by atoms with Gasteiger partial charge in [0, 0.05) is 20.4 Å². The van der Waals surface area contributed by atoms with Crippen LogP contribution in [0.25, 0.3) is 21.2 Å². The molecular weight excluding hydrogens is 315 g/mol. The molecule has 1 aromatic heterocycles. The van der Waals surface area contributed by atoms with Crippen LogP contribution in [-0.4, -0.2) is 18.8 Å². The Hall–Kier alpha value is -1.62. The molecule has 4 rings (SSSR count). The molecular formula is C20H21BO2S. The van der Waals surface area contributed by atoms with Crippen molar-refractivity contribution in [2.45, 2.75) is 39.4 Å². The molecule has 2 aromatic carbocycles. The van der Waals surface area contributed by atoms with Crippen molar-refractivity contribution in [3.05, 3.63) is 53.4 Å². The molecule has 2 heterocycles. The van der Waals surface area contributed by atoms with Crippen LogP contribution in [0.1, 0.15) is 25.6 Å². The Bertz CT molecular complexity index is 885. The monoisotopic (exact) mass is 336 g/mol. The summed E-state index contributed by atoms with van der Waals surface area (Å²) in [6.45, 7) is 8.42. The zero-order chi connectivity index (χ0) is 16.9. The quantitative estimate of drug-likeness (QED) is 0.627. The van der Waals surface area contributed by atoms with Crippen molar-refractivity contribution in [2.75, 3.05) is 0 Å². The summed E-state index contributed by atoms with van der Waals surface area (Å²) in [5, 5.41) is 1.28. The summed E-state index contributed by atoms with van der Waals surface area (Å²) >= 11 is 1.82. The third kappa shape index (κ3) is 2.59. The second-order valence-electron chi connectivity index (χ2n) is 7.00. The smallest absolute Gasteiger partial charge is 0.402 e. The number of aryl methyl sites for hydroxylation is 1. The Morgan fingerprint density at radius 2 is 1.83 bits per heavy atom. The van der Waals surface area contributed by atoms with Gasteiger partial charge in [0.15, 0.2) is 0 Å². The fraction of sp³-hybridized carbons (Fsp3) is 0.300. The van der Waals surface area contributed by atoms with E-state index < -0.39 is 0 Å². The molecule has 122 valence electrons. The zero-order valence-corrected chi connectivity index (χ0v) is 15.3. The van der Waals surface area contributed by atoms with E-state index >= 15 is 0 Å². The predicted molar refractivity (Wildman–Crippen MR) is 103 cm³/mol. The van der Waals surface area contributed by atoms with Gasteiger partial charge in [0.25, 0.3) is 0 Å². The first kappa shape index (κ1) is 15.9. The topological polar surface area (TPSA) is 18.5 Å². The van der Waals surface area contributed by atoms with Gasteiger partial charge in [-0.2, -0.15) is 0 Å². The second kappa shape index (κ2) is 5.73. The first-order valence-electron chi connectivity index (χ1n) is 8.37. The molecule has 1 saturated heterocycles. The van der Waals surface area contributed by atoms with E-state index in [1.54, 1.807) is 0 Å². The third-order valence-electron chi connectivity index (χ3n) is 4.89. The van der Waals surface area contributed by atoms with Crippen molar-refractivity contribution >= 4 is 34.0 Å². The van der Waals surface area contributed by atoms with Crippen molar-refractivity contribution in [3.8, 4) is 11.1 Å². The predicted octanol–water partition coefficient (Wildman–Crippen LogP) is 4.79. The van der Waals surface area contributed by atoms with Crippen LogP contribution in [0.2, 0.25) is 0 Å². The maximum Gasteiger partial charge on any atom is 0.496 e. The second-order valence-corrected chi connectivity index (χ2v) is 8.26. The Morgan fingerprint density at radius 3 is 2.50 bits per heavy atom. The summed E-state index contributed by atoms with van der Waals surface area (Å²) in [6.07, 6.45) is 0.0763. The van der Waals surface area contributed by atoms with E-state index in [0.29, 0.717) is 0 Å². The van der Waals surface area contributed by atoms with E-state index in [9.17, 15) is 0 Å². The number of thiophene rings is 1. The Balaban J connectivity index is 1.85. The maximum absolute atomic E-state index is 6.19. The lowest BCUT2D eigenvalue weighted by Gasteiger charge is -2.21. The van der Waals surface area contributed by atoms with Crippen LogP contribution in [-0.2, 0) is 9.31 Å². The van der Waals surface area contributed by atoms with Crippen LogP contribution >= 0.6 is 11.3 Å². The first-order valence-corrected chi connectivity index (χ1v) is 9.19. The molecule has 1 aliphatic heterocycles. The largest absolute Gasteiger partial charge is 0.496 e. The Morgan fingerprint density at radius 1 is 1.08 bits per heavy atom. The van der Waals surface area contributed by atoms with Gasteiger partial charge in [-0.1, -0.05) is 42.5 Å². The lowest BCUT2D eigenvalue weighted by molar-refractivity contribution is 0.0842. The summed E-state index contributed by atoms with van der Waals surface area (Å²) in [5.41, 5.74) is 3.39. The Kier molecular flexibility index (Phi) is 3.79. The molecule has 4 heteroatoms. The van der Waals surface area contributed by atoms with E-state index in [4.69, 9.17) is 9.31 Å². The fourth-order valence-corrected chi connectivity index (χ4v) is 4.27. The highest BCUT2D eigenvalue weighted by molar-refractivity contribution is 7.20. The third-order valence-corrected chi connectivity index (χ3v) is 5.99. The van der Waals surface area contributed by atoms with Gasteiger partial charge in [0.2, 0.25) is 0 Å². The van der Waals surface area contributed by atoms with Crippen molar-refractivity contribution in [3.63, 3.8) is 0 Å². The van der Waals surface area contributed by atoms with Gasteiger partial charge in [-0.25, -0.2) is 0 Å². The molecule has 2 nitrogen and oxygen atoms in total. The van der Waals surface area contributed by atoms with Gasteiger partial charge in [0.05, 0.1) is 11.7 Å². The zero-order valence-electron chi connectivity index (χ0n) is 14.5. The molecule has 1 aliphatic rings. The highest BCUT2D eigenvalue weighted by Crippen LogP contribution is 2.35. The highest BCUT2D eigenvalue weighted by atomic mass is 32.1. The number of hydrogen-bond acceptors (Lipinski definition) is 3. The van der Waals surface area contributed by atoms with Gasteiger partial charge < -0.3 is 9.31 Å². The normalized spacial score (nSPS) is 20.0. The average Bonchev–Trinajstić information content (AvgIpc) is 3.06. The standard InChI is InChI=1S/C20H21BO2S/c1-13-12-17-16(15-8-6-5-7-9-15)10-11-18(19(17)24-13)21-22-14(2)20(3,4)23-21/h5-12,14H,1-4H3. The van der Waals surface area contributed by atoms with Crippen molar-refractivity contribution in [1.29, 1.82) is 0 Å². The summed E-state index contributed by atoms with van der Waals surface area (Å²) in [7, 11) is -0.291. The van der Waals surface area contributed by atoms with E-state index in [-0.39, 0.29) is 18.8 Å². The average molecular weight is 336 g/mol. The summed E-state index contributed by atoms with van der Waals surface area (Å²) in [5.74, 6) is 0. The van der Waals surface area contributed by atoms with Crippen molar-refractivity contribution in [2.24, 2.45) is 0 Å². The number of benzene rings is 2.